The molecule has 0 radical (unpaired) electrons. The first-order chi connectivity index (χ1) is 14.6. The Labute approximate surface area is 178 Å². The van der Waals surface area contributed by atoms with Crippen LogP contribution in [0.4, 0.5) is 5.82 Å². The lowest BCUT2D eigenvalue weighted by Crippen LogP contribution is -2.43. The summed E-state index contributed by atoms with van der Waals surface area (Å²) in [6.07, 6.45) is 3.84. The first-order valence-corrected chi connectivity index (χ1v) is 10.9. The highest BCUT2D eigenvalue weighted by Gasteiger charge is 2.25. The van der Waals surface area contributed by atoms with Crippen molar-refractivity contribution < 1.29 is 14.3 Å². The van der Waals surface area contributed by atoms with E-state index < -0.39 is 0 Å². The molecule has 7 nitrogen and oxygen atoms in total. The van der Waals surface area contributed by atoms with Gasteiger partial charge < -0.3 is 24.6 Å². The number of carbonyl (C=O) groups excluding carboxylic acids is 1. The number of hydrogen-bond acceptors (Lipinski definition) is 6. The molecule has 1 amide bonds. The number of pyridine rings is 1. The van der Waals surface area contributed by atoms with Crippen molar-refractivity contribution in [1.82, 2.24) is 15.2 Å². The summed E-state index contributed by atoms with van der Waals surface area (Å²) in [7, 11) is 3.82. The van der Waals surface area contributed by atoms with E-state index in [1.165, 1.54) is 0 Å². The average molecular weight is 413 g/mol. The van der Waals surface area contributed by atoms with Gasteiger partial charge in [0, 0.05) is 24.5 Å². The van der Waals surface area contributed by atoms with Crippen molar-refractivity contribution in [2.75, 3.05) is 51.8 Å². The van der Waals surface area contributed by atoms with E-state index in [4.69, 9.17) is 14.5 Å². The Bertz CT molecular complexity index is 859. The fraction of sp³-hybridized carbons (Fsp3) is 0.565. The smallest absolute Gasteiger partial charge is 0.234 e. The van der Waals surface area contributed by atoms with Crippen molar-refractivity contribution >= 4 is 22.5 Å². The lowest BCUT2D eigenvalue weighted by Gasteiger charge is -2.31. The van der Waals surface area contributed by atoms with Crippen molar-refractivity contribution in [3.8, 4) is 5.88 Å². The highest BCUT2D eigenvalue weighted by Crippen LogP contribution is 2.31. The molecule has 1 aliphatic carbocycles. The zero-order valence-corrected chi connectivity index (χ0v) is 18.0. The molecule has 1 N–H and O–H groups in total. The minimum atomic E-state index is 0.0928. The summed E-state index contributed by atoms with van der Waals surface area (Å²) < 4.78 is 11.9. The van der Waals surface area contributed by atoms with Crippen LogP contribution in [0.2, 0.25) is 0 Å². The van der Waals surface area contributed by atoms with Crippen LogP contribution in [0.15, 0.2) is 30.3 Å². The molecular weight excluding hydrogens is 380 g/mol. The molecule has 0 spiro atoms. The number of hydrogen-bond donors (Lipinski definition) is 1. The summed E-state index contributed by atoms with van der Waals surface area (Å²) in [6, 6.07) is 10.7. The molecule has 1 aromatic carbocycles. The first-order valence-electron chi connectivity index (χ1n) is 10.9. The molecule has 2 fully saturated rings. The second kappa shape index (κ2) is 9.62. The summed E-state index contributed by atoms with van der Waals surface area (Å²) in [5, 5.41) is 5.34. The number of amides is 1. The molecule has 7 heteroatoms. The number of nitrogens with zero attached hydrogens (tertiary/aromatic N) is 3. The fourth-order valence-corrected chi connectivity index (χ4v) is 4.24. The molecular formula is C23H32N4O3. The van der Waals surface area contributed by atoms with Gasteiger partial charge in [-0.3, -0.25) is 4.79 Å². The molecule has 2 heterocycles. The molecule has 1 saturated heterocycles. The molecule has 162 valence electrons. The maximum absolute atomic E-state index is 12.0. The molecule has 4 rings (SSSR count). The molecule has 0 unspecified atom stereocenters. The van der Waals surface area contributed by atoms with Gasteiger partial charge in [-0.15, -0.1) is 0 Å². The van der Waals surface area contributed by atoms with E-state index in [1.807, 2.05) is 25.1 Å². The van der Waals surface area contributed by atoms with Crippen LogP contribution in [-0.2, 0) is 9.53 Å². The zero-order valence-electron chi connectivity index (χ0n) is 18.0. The minimum absolute atomic E-state index is 0.0928. The molecule has 2 aliphatic rings. The number of carbonyl (C=O) groups is 1. The number of benzene rings is 1. The van der Waals surface area contributed by atoms with Gasteiger partial charge in [-0.25, -0.2) is 0 Å². The van der Waals surface area contributed by atoms with Crippen molar-refractivity contribution in [2.24, 2.45) is 0 Å². The number of aromatic nitrogens is 1. The third kappa shape index (κ3) is 5.21. The van der Waals surface area contributed by atoms with Gasteiger partial charge in [0.2, 0.25) is 11.8 Å². The van der Waals surface area contributed by atoms with Crippen molar-refractivity contribution in [1.29, 1.82) is 0 Å². The summed E-state index contributed by atoms with van der Waals surface area (Å²) in [5.41, 5.74) is 0. The molecule has 0 bridgehead atoms. The lowest BCUT2D eigenvalue weighted by atomic mass is 9.93. The van der Waals surface area contributed by atoms with Gasteiger partial charge in [0.25, 0.3) is 0 Å². The van der Waals surface area contributed by atoms with Crippen LogP contribution in [0.1, 0.15) is 25.7 Å². The lowest BCUT2D eigenvalue weighted by molar-refractivity contribution is -0.122. The number of morpholine rings is 1. The topological polar surface area (TPSA) is 66.9 Å². The number of likely N-dealkylation sites (N-methyl/N-ethyl adjacent to an activating group) is 1. The van der Waals surface area contributed by atoms with Gasteiger partial charge in [-0.2, -0.15) is 4.98 Å². The van der Waals surface area contributed by atoms with E-state index in [2.05, 4.69) is 34.5 Å². The van der Waals surface area contributed by atoms with Gasteiger partial charge in [0.15, 0.2) is 0 Å². The van der Waals surface area contributed by atoms with Gasteiger partial charge in [-0.1, -0.05) is 18.2 Å². The van der Waals surface area contributed by atoms with E-state index in [-0.39, 0.29) is 18.1 Å². The van der Waals surface area contributed by atoms with E-state index in [9.17, 15) is 4.79 Å². The summed E-state index contributed by atoms with van der Waals surface area (Å²) in [4.78, 5) is 21.1. The van der Waals surface area contributed by atoms with Crippen LogP contribution < -0.4 is 15.0 Å². The van der Waals surface area contributed by atoms with E-state index in [0.717, 1.165) is 74.5 Å². The Balaban J connectivity index is 1.43. The molecule has 1 aliphatic heterocycles. The Morgan fingerprint density at radius 1 is 1.20 bits per heavy atom. The van der Waals surface area contributed by atoms with Crippen molar-refractivity contribution in [2.45, 2.75) is 37.8 Å². The summed E-state index contributed by atoms with van der Waals surface area (Å²) >= 11 is 0. The average Bonchev–Trinajstić information content (AvgIpc) is 2.75. The van der Waals surface area contributed by atoms with E-state index in [0.29, 0.717) is 6.54 Å². The first kappa shape index (κ1) is 20.9. The van der Waals surface area contributed by atoms with Crippen LogP contribution >= 0.6 is 0 Å². The highest BCUT2D eigenvalue weighted by atomic mass is 16.5. The normalized spacial score (nSPS) is 22.3. The fourth-order valence-electron chi connectivity index (χ4n) is 4.24. The highest BCUT2D eigenvalue weighted by molar-refractivity contribution is 5.89. The second-order valence-electron chi connectivity index (χ2n) is 8.50. The van der Waals surface area contributed by atoms with Crippen LogP contribution in [0, 0.1) is 0 Å². The quantitative estimate of drug-likeness (QED) is 0.786. The van der Waals surface area contributed by atoms with Crippen LogP contribution in [-0.4, -0.2) is 74.9 Å². The Kier molecular flexibility index (Phi) is 6.69. The third-order valence-corrected chi connectivity index (χ3v) is 5.80. The number of nitrogens with one attached hydrogen (secondary N) is 1. The number of anilines is 1. The molecule has 0 atom stereocenters. The Hall–Kier alpha value is -2.38. The molecule has 30 heavy (non-hydrogen) atoms. The number of rotatable bonds is 6. The van der Waals surface area contributed by atoms with Crippen LogP contribution in [0.3, 0.4) is 0 Å². The minimum Gasteiger partial charge on any atom is -0.474 e. The van der Waals surface area contributed by atoms with E-state index >= 15 is 0 Å². The predicted molar refractivity (Wildman–Crippen MR) is 118 cm³/mol. The standard InChI is InChI=1S/C23H32N4O3/c1-26(2)16-22(28)24-18-7-9-19(10-8-18)30-23-20-6-4-3-5-17(20)15-21(25-23)27-11-13-29-14-12-27/h3-6,15,18-19H,7-14,16H2,1-2H3,(H,24,28). The van der Waals surface area contributed by atoms with Crippen LogP contribution in [0.5, 0.6) is 5.88 Å². The largest absolute Gasteiger partial charge is 0.474 e. The number of ether oxygens (including phenoxy) is 2. The Morgan fingerprint density at radius 3 is 2.67 bits per heavy atom. The third-order valence-electron chi connectivity index (χ3n) is 5.80. The van der Waals surface area contributed by atoms with Gasteiger partial charge in [0.1, 0.15) is 11.9 Å². The van der Waals surface area contributed by atoms with Gasteiger partial charge >= 0.3 is 0 Å². The maximum Gasteiger partial charge on any atom is 0.234 e. The molecule has 2 aromatic rings. The summed E-state index contributed by atoms with van der Waals surface area (Å²) in [6.45, 7) is 3.59. The van der Waals surface area contributed by atoms with Crippen molar-refractivity contribution in [3.05, 3.63) is 30.3 Å². The maximum atomic E-state index is 12.0. The Morgan fingerprint density at radius 2 is 1.93 bits per heavy atom. The zero-order chi connectivity index (χ0) is 20.9. The van der Waals surface area contributed by atoms with Gasteiger partial charge in [-0.05, 0) is 57.3 Å². The van der Waals surface area contributed by atoms with Gasteiger partial charge in [0.05, 0.1) is 19.8 Å². The number of fused-ring (bicyclic) bond motifs is 1. The summed E-state index contributed by atoms with van der Waals surface area (Å²) in [5.74, 6) is 1.77. The molecule has 1 aromatic heterocycles. The predicted octanol–water partition coefficient (Wildman–Crippen LogP) is 2.44. The van der Waals surface area contributed by atoms with Crippen LogP contribution in [0.25, 0.3) is 10.8 Å². The van der Waals surface area contributed by atoms with Crippen molar-refractivity contribution in [3.63, 3.8) is 0 Å². The monoisotopic (exact) mass is 412 g/mol. The molecule has 1 saturated carbocycles. The SMILES string of the molecule is CN(C)CC(=O)NC1CCC(Oc2nc(N3CCOCC3)cc3ccccc23)CC1. The van der Waals surface area contributed by atoms with E-state index in [1.54, 1.807) is 0 Å². The second-order valence-corrected chi connectivity index (χ2v) is 8.50.